The smallest absolute Gasteiger partial charge is 0.241 e. The summed E-state index contributed by atoms with van der Waals surface area (Å²) in [4.78, 5) is 3.95. The summed E-state index contributed by atoms with van der Waals surface area (Å²) in [6.07, 6.45) is 0.0388. The molecule has 0 amide bonds. The molecule has 0 unspecified atom stereocenters. The highest BCUT2D eigenvalue weighted by atomic mass is 16.5. The quantitative estimate of drug-likeness (QED) is 0.733. The molecule has 6 nitrogen and oxygen atoms in total. The van der Waals surface area contributed by atoms with Crippen molar-refractivity contribution < 1.29 is 14.7 Å². The van der Waals surface area contributed by atoms with E-state index in [4.69, 9.17) is 14.9 Å². The number of benzene rings is 1. The van der Waals surface area contributed by atoms with Gasteiger partial charge in [0.25, 0.3) is 0 Å². The Morgan fingerprint density at radius 2 is 2.12 bits per heavy atom. The molecular formula is C10H7N3O3. The van der Waals surface area contributed by atoms with Crippen LogP contribution in [0.15, 0.2) is 22.7 Å². The molecule has 0 aliphatic heterocycles. The monoisotopic (exact) mass is 217 g/mol. The van der Waals surface area contributed by atoms with E-state index < -0.39 is 0 Å². The SMILES string of the molecule is N#CCc1nc(-c2ccc(O)c(O)c2)no1. The second-order valence-corrected chi connectivity index (χ2v) is 3.05. The number of nitrogens with zero attached hydrogens (tertiary/aromatic N) is 3. The molecule has 2 N–H and O–H groups in total. The largest absolute Gasteiger partial charge is 0.504 e. The van der Waals surface area contributed by atoms with E-state index in [2.05, 4.69) is 10.1 Å². The van der Waals surface area contributed by atoms with Crippen LogP contribution in [0.2, 0.25) is 0 Å². The van der Waals surface area contributed by atoms with Crippen LogP contribution in [-0.4, -0.2) is 20.4 Å². The number of nitriles is 1. The van der Waals surface area contributed by atoms with Gasteiger partial charge in [-0.3, -0.25) is 0 Å². The van der Waals surface area contributed by atoms with Gasteiger partial charge in [-0.2, -0.15) is 10.2 Å². The number of aromatic nitrogens is 2. The normalized spacial score (nSPS) is 9.94. The summed E-state index contributed by atoms with van der Waals surface area (Å²) in [5.74, 6) is -0.000703. The van der Waals surface area contributed by atoms with Crippen LogP contribution in [0.25, 0.3) is 11.4 Å². The summed E-state index contributed by atoms with van der Waals surface area (Å²) in [5.41, 5.74) is 0.503. The van der Waals surface area contributed by atoms with E-state index in [1.54, 1.807) is 0 Å². The van der Waals surface area contributed by atoms with Gasteiger partial charge >= 0.3 is 0 Å². The van der Waals surface area contributed by atoms with E-state index in [1.807, 2.05) is 6.07 Å². The molecule has 0 radical (unpaired) electrons. The zero-order chi connectivity index (χ0) is 11.5. The van der Waals surface area contributed by atoms with Crippen LogP contribution in [0.5, 0.6) is 11.5 Å². The Kier molecular flexibility index (Phi) is 2.44. The van der Waals surface area contributed by atoms with Gasteiger partial charge in [0.1, 0.15) is 6.42 Å². The van der Waals surface area contributed by atoms with E-state index in [1.165, 1.54) is 18.2 Å². The Morgan fingerprint density at radius 3 is 2.81 bits per heavy atom. The fourth-order valence-corrected chi connectivity index (χ4v) is 1.17. The molecule has 6 heteroatoms. The number of phenols is 2. The van der Waals surface area contributed by atoms with Crippen LogP contribution in [0, 0.1) is 11.3 Å². The van der Waals surface area contributed by atoms with Crippen molar-refractivity contribution in [2.45, 2.75) is 6.42 Å². The van der Waals surface area contributed by atoms with Crippen molar-refractivity contribution in [3.8, 4) is 29.0 Å². The molecule has 2 rings (SSSR count). The fourth-order valence-electron chi connectivity index (χ4n) is 1.17. The van der Waals surface area contributed by atoms with Crippen LogP contribution >= 0.6 is 0 Å². The van der Waals surface area contributed by atoms with E-state index in [-0.39, 0.29) is 29.6 Å². The second kappa shape index (κ2) is 3.90. The Bertz CT molecular complexity index is 557. The minimum atomic E-state index is -0.260. The molecule has 0 fully saturated rings. The molecule has 1 aromatic heterocycles. The third-order valence-corrected chi connectivity index (χ3v) is 1.93. The zero-order valence-corrected chi connectivity index (χ0v) is 8.08. The van der Waals surface area contributed by atoms with Gasteiger partial charge in [-0.15, -0.1) is 0 Å². The molecular weight excluding hydrogens is 210 g/mol. The van der Waals surface area contributed by atoms with Gasteiger partial charge in [-0.1, -0.05) is 5.16 Å². The minimum absolute atomic E-state index is 0.0388. The highest BCUT2D eigenvalue weighted by molar-refractivity contribution is 5.59. The fraction of sp³-hybridized carbons (Fsp3) is 0.100. The lowest BCUT2D eigenvalue weighted by molar-refractivity contribution is 0.387. The number of phenolic OH excluding ortho intramolecular Hbond substituents is 2. The van der Waals surface area contributed by atoms with E-state index in [0.717, 1.165) is 0 Å². The zero-order valence-electron chi connectivity index (χ0n) is 8.08. The van der Waals surface area contributed by atoms with Crippen molar-refractivity contribution >= 4 is 0 Å². The van der Waals surface area contributed by atoms with Gasteiger partial charge in [0.15, 0.2) is 11.5 Å². The standard InChI is InChI=1S/C10H7N3O3/c11-4-3-9-12-10(13-16-9)6-1-2-7(14)8(15)5-6/h1-2,5,14-15H,3H2. The van der Waals surface area contributed by atoms with Crippen molar-refractivity contribution in [2.75, 3.05) is 0 Å². The maximum atomic E-state index is 9.28. The molecule has 80 valence electrons. The van der Waals surface area contributed by atoms with Gasteiger partial charge < -0.3 is 14.7 Å². The molecule has 0 aliphatic carbocycles. The van der Waals surface area contributed by atoms with Crippen molar-refractivity contribution in [1.82, 2.24) is 10.1 Å². The average Bonchev–Trinajstić information content (AvgIpc) is 2.71. The van der Waals surface area contributed by atoms with E-state index in [9.17, 15) is 5.11 Å². The van der Waals surface area contributed by atoms with E-state index >= 15 is 0 Å². The van der Waals surface area contributed by atoms with Crippen LogP contribution in [0.3, 0.4) is 0 Å². The van der Waals surface area contributed by atoms with Gasteiger partial charge in [-0.05, 0) is 18.2 Å². The molecule has 0 atom stereocenters. The van der Waals surface area contributed by atoms with Crippen LogP contribution in [0.1, 0.15) is 5.89 Å². The molecule has 16 heavy (non-hydrogen) atoms. The van der Waals surface area contributed by atoms with Gasteiger partial charge in [-0.25, -0.2) is 0 Å². The van der Waals surface area contributed by atoms with Gasteiger partial charge in [0, 0.05) is 5.56 Å². The molecule has 0 aliphatic rings. The van der Waals surface area contributed by atoms with E-state index in [0.29, 0.717) is 5.56 Å². The molecule has 1 aromatic carbocycles. The summed E-state index contributed by atoms with van der Waals surface area (Å²) in [6, 6.07) is 6.06. The Hall–Kier alpha value is -2.55. The average molecular weight is 217 g/mol. The van der Waals surface area contributed by atoms with Crippen LogP contribution in [0.4, 0.5) is 0 Å². The van der Waals surface area contributed by atoms with Crippen molar-refractivity contribution in [1.29, 1.82) is 5.26 Å². The number of hydrogen-bond donors (Lipinski definition) is 2. The number of hydrogen-bond acceptors (Lipinski definition) is 6. The summed E-state index contributed by atoms with van der Waals surface area (Å²) < 4.78 is 4.80. The van der Waals surface area contributed by atoms with Crippen LogP contribution in [-0.2, 0) is 6.42 Å². The summed E-state index contributed by atoms with van der Waals surface area (Å²) in [5, 5.41) is 30.5. The maximum Gasteiger partial charge on any atom is 0.241 e. The van der Waals surface area contributed by atoms with Crippen molar-refractivity contribution in [3.05, 3.63) is 24.1 Å². The molecule has 0 saturated heterocycles. The Labute approximate surface area is 90.4 Å². The molecule has 0 bridgehead atoms. The first kappa shape index (κ1) is 9.98. The molecule has 0 saturated carbocycles. The third-order valence-electron chi connectivity index (χ3n) is 1.93. The van der Waals surface area contributed by atoms with Gasteiger partial charge in [0.05, 0.1) is 6.07 Å². The number of rotatable bonds is 2. The lowest BCUT2D eigenvalue weighted by atomic mass is 10.2. The molecule has 2 aromatic rings. The Morgan fingerprint density at radius 1 is 1.31 bits per heavy atom. The van der Waals surface area contributed by atoms with Gasteiger partial charge in [0.2, 0.25) is 11.7 Å². The summed E-state index contributed by atoms with van der Waals surface area (Å²) in [7, 11) is 0. The lowest BCUT2D eigenvalue weighted by Gasteiger charge is -1.98. The highest BCUT2D eigenvalue weighted by Crippen LogP contribution is 2.29. The predicted molar refractivity (Wildman–Crippen MR) is 52.4 cm³/mol. The molecule has 1 heterocycles. The second-order valence-electron chi connectivity index (χ2n) is 3.05. The Balaban J connectivity index is 2.36. The molecule has 0 spiro atoms. The van der Waals surface area contributed by atoms with Crippen molar-refractivity contribution in [3.63, 3.8) is 0 Å². The minimum Gasteiger partial charge on any atom is -0.504 e. The first-order valence-electron chi connectivity index (χ1n) is 4.42. The summed E-state index contributed by atoms with van der Waals surface area (Å²) >= 11 is 0. The first-order chi connectivity index (χ1) is 7.70. The van der Waals surface area contributed by atoms with Crippen LogP contribution < -0.4 is 0 Å². The number of aromatic hydroxyl groups is 2. The van der Waals surface area contributed by atoms with Crippen molar-refractivity contribution in [2.24, 2.45) is 0 Å². The maximum absolute atomic E-state index is 9.28. The first-order valence-corrected chi connectivity index (χ1v) is 4.42. The highest BCUT2D eigenvalue weighted by Gasteiger charge is 2.10. The third kappa shape index (κ3) is 1.79. The predicted octanol–water partition coefficient (Wildman–Crippen LogP) is 1.21. The topological polar surface area (TPSA) is 103 Å². The summed E-state index contributed by atoms with van der Waals surface area (Å²) in [6.45, 7) is 0. The lowest BCUT2D eigenvalue weighted by Crippen LogP contribution is -1.83.